The van der Waals surface area contributed by atoms with E-state index in [1.807, 2.05) is 13.8 Å². The molecule has 0 aliphatic carbocycles. The predicted molar refractivity (Wildman–Crippen MR) is 76.1 cm³/mol. The molecule has 0 aliphatic rings. The molecule has 0 aliphatic heterocycles. The second-order valence-corrected chi connectivity index (χ2v) is 6.63. The molecule has 0 bridgehead atoms. The second-order valence-electron chi connectivity index (χ2n) is 6.63. The Labute approximate surface area is 115 Å². The molecule has 0 spiro atoms. The molecule has 0 aromatic rings. The number of hydrogen-bond acceptors (Lipinski definition) is 2. The van der Waals surface area contributed by atoms with Crippen molar-refractivity contribution in [2.75, 3.05) is 0 Å². The summed E-state index contributed by atoms with van der Waals surface area (Å²) in [6.45, 7) is 13.6. The van der Waals surface area contributed by atoms with Gasteiger partial charge in [-0.15, -0.1) is 6.58 Å². The molecule has 0 saturated heterocycles. The number of rotatable bonds is 6. The van der Waals surface area contributed by atoms with Crippen LogP contribution in [0.5, 0.6) is 0 Å². The third kappa shape index (κ3) is 8.24. The number of hydrogen-bond donors (Lipinski definition) is 3. The van der Waals surface area contributed by atoms with E-state index < -0.39 is 23.6 Å². The molecule has 0 aromatic heterocycles. The highest BCUT2D eigenvalue weighted by Gasteiger charge is 2.28. The fraction of sp³-hybridized carbons (Fsp3) is 0.714. The lowest BCUT2D eigenvalue weighted by atomic mass is 9.82. The Morgan fingerprint density at radius 1 is 1.26 bits per heavy atom. The average Bonchev–Trinajstić information content (AvgIpc) is 2.11. The first-order valence-electron chi connectivity index (χ1n) is 6.39. The molecule has 3 N–H and O–H groups in total. The van der Waals surface area contributed by atoms with Crippen molar-refractivity contribution in [1.82, 2.24) is 10.6 Å². The third-order valence-electron chi connectivity index (χ3n) is 2.43. The largest absolute Gasteiger partial charge is 0.480 e. The minimum absolute atomic E-state index is 0.0735. The van der Waals surface area contributed by atoms with E-state index in [1.54, 1.807) is 0 Å². The van der Waals surface area contributed by atoms with E-state index in [1.165, 1.54) is 6.08 Å². The van der Waals surface area contributed by atoms with Gasteiger partial charge in [-0.1, -0.05) is 26.8 Å². The van der Waals surface area contributed by atoms with Gasteiger partial charge in [0, 0.05) is 5.54 Å². The van der Waals surface area contributed by atoms with Crippen molar-refractivity contribution in [1.29, 1.82) is 0 Å². The first kappa shape index (κ1) is 17.5. The Morgan fingerprint density at radius 3 is 2.16 bits per heavy atom. The van der Waals surface area contributed by atoms with Crippen molar-refractivity contribution in [3.63, 3.8) is 0 Å². The molecule has 0 saturated carbocycles. The van der Waals surface area contributed by atoms with E-state index in [0.29, 0.717) is 0 Å². The molecule has 0 aromatic carbocycles. The minimum atomic E-state index is -1.07. The number of nitrogens with one attached hydrogen (secondary N) is 2. The Bertz CT molecular complexity index is 343. The van der Waals surface area contributed by atoms with Gasteiger partial charge in [0.1, 0.15) is 6.04 Å². The maximum Gasteiger partial charge on any atom is 0.326 e. The lowest BCUT2D eigenvalue weighted by Crippen LogP contribution is -2.53. The maximum absolute atomic E-state index is 11.8. The highest BCUT2D eigenvalue weighted by Crippen LogP contribution is 2.26. The molecule has 1 atom stereocenters. The number of carbonyl (C=O) groups excluding carboxylic acids is 1. The third-order valence-corrected chi connectivity index (χ3v) is 2.43. The smallest absolute Gasteiger partial charge is 0.326 e. The highest BCUT2D eigenvalue weighted by molar-refractivity contribution is 5.82. The lowest BCUT2D eigenvalue weighted by molar-refractivity contribution is -0.139. The average molecular weight is 270 g/mol. The molecule has 1 unspecified atom stereocenters. The van der Waals surface area contributed by atoms with E-state index in [2.05, 4.69) is 38.0 Å². The molecular weight excluding hydrogens is 244 g/mol. The lowest BCUT2D eigenvalue weighted by Gasteiger charge is -2.33. The molecule has 19 heavy (non-hydrogen) atoms. The summed E-state index contributed by atoms with van der Waals surface area (Å²) in [4.78, 5) is 22.7. The summed E-state index contributed by atoms with van der Waals surface area (Å²) in [5, 5.41) is 14.2. The van der Waals surface area contributed by atoms with Crippen LogP contribution in [0.15, 0.2) is 12.7 Å². The van der Waals surface area contributed by atoms with Gasteiger partial charge >= 0.3 is 12.0 Å². The van der Waals surface area contributed by atoms with E-state index in [9.17, 15) is 9.59 Å². The van der Waals surface area contributed by atoms with Crippen LogP contribution in [-0.4, -0.2) is 28.7 Å². The number of aliphatic carboxylic acids is 1. The molecule has 5 heteroatoms. The zero-order valence-corrected chi connectivity index (χ0v) is 12.5. The van der Waals surface area contributed by atoms with Gasteiger partial charge in [0.05, 0.1) is 0 Å². The summed E-state index contributed by atoms with van der Waals surface area (Å²) in [7, 11) is 0. The highest BCUT2D eigenvalue weighted by atomic mass is 16.4. The molecule has 110 valence electrons. The van der Waals surface area contributed by atoms with Gasteiger partial charge in [-0.05, 0) is 32.1 Å². The van der Waals surface area contributed by atoms with Crippen LogP contribution in [0.2, 0.25) is 0 Å². The van der Waals surface area contributed by atoms with Crippen molar-refractivity contribution < 1.29 is 14.7 Å². The zero-order chi connectivity index (χ0) is 15.3. The van der Waals surface area contributed by atoms with Crippen molar-refractivity contribution >= 4 is 12.0 Å². The van der Waals surface area contributed by atoms with Crippen LogP contribution in [0.1, 0.15) is 47.5 Å². The van der Waals surface area contributed by atoms with Crippen LogP contribution >= 0.6 is 0 Å². The topological polar surface area (TPSA) is 78.4 Å². The van der Waals surface area contributed by atoms with Gasteiger partial charge in [0.15, 0.2) is 0 Å². The first-order valence-corrected chi connectivity index (χ1v) is 6.39. The molecule has 0 radical (unpaired) electrons. The maximum atomic E-state index is 11.8. The second kappa shape index (κ2) is 6.59. The van der Waals surface area contributed by atoms with Gasteiger partial charge in [0.25, 0.3) is 0 Å². The van der Waals surface area contributed by atoms with E-state index in [-0.39, 0.29) is 11.8 Å². The van der Waals surface area contributed by atoms with Crippen LogP contribution < -0.4 is 10.6 Å². The molecule has 0 rings (SSSR count). The molecule has 0 heterocycles. The van der Waals surface area contributed by atoms with Gasteiger partial charge in [0.2, 0.25) is 0 Å². The quantitative estimate of drug-likeness (QED) is 0.649. The zero-order valence-electron chi connectivity index (χ0n) is 12.5. The van der Waals surface area contributed by atoms with Crippen LogP contribution in [0.3, 0.4) is 0 Å². The number of urea groups is 1. The van der Waals surface area contributed by atoms with Gasteiger partial charge in [-0.2, -0.15) is 0 Å². The standard InChI is InChI=1S/C14H26N2O3/c1-7-8-10(11(17)18)15-12(19)16-14(5,6)9-13(2,3)4/h7,10H,1,8-9H2,2-6H3,(H,17,18)(H2,15,16,19). The minimum Gasteiger partial charge on any atom is -0.480 e. The molecule has 2 amide bonds. The molecular formula is C14H26N2O3. The summed E-state index contributed by atoms with van der Waals surface area (Å²) in [6.07, 6.45) is 2.45. The van der Waals surface area contributed by atoms with Crippen molar-refractivity contribution in [3.8, 4) is 0 Å². The number of amides is 2. The normalized spacial score (nSPS) is 13.5. The van der Waals surface area contributed by atoms with Crippen LogP contribution in [0.25, 0.3) is 0 Å². The number of carbonyl (C=O) groups is 2. The Kier molecular flexibility index (Phi) is 6.06. The SMILES string of the molecule is C=CCC(NC(=O)NC(C)(C)CC(C)(C)C)C(=O)O. The van der Waals surface area contributed by atoms with Crippen LogP contribution in [0.4, 0.5) is 4.79 Å². The molecule has 0 fully saturated rings. The van der Waals surface area contributed by atoms with Crippen molar-refractivity contribution in [3.05, 3.63) is 12.7 Å². The predicted octanol–water partition coefficient (Wildman–Crippen LogP) is 2.53. The van der Waals surface area contributed by atoms with Gasteiger partial charge < -0.3 is 15.7 Å². The summed E-state index contributed by atoms with van der Waals surface area (Å²) in [6, 6.07) is -1.41. The monoisotopic (exact) mass is 270 g/mol. The first-order chi connectivity index (χ1) is 8.47. The van der Waals surface area contributed by atoms with Gasteiger partial charge in [-0.3, -0.25) is 0 Å². The van der Waals surface area contributed by atoms with Crippen molar-refractivity contribution in [2.24, 2.45) is 5.41 Å². The van der Waals surface area contributed by atoms with Crippen LogP contribution in [0, 0.1) is 5.41 Å². The molecule has 5 nitrogen and oxygen atoms in total. The summed E-state index contributed by atoms with van der Waals surface area (Å²) < 4.78 is 0. The Morgan fingerprint density at radius 2 is 1.79 bits per heavy atom. The Balaban J connectivity index is 4.51. The number of carboxylic acid groups (broad SMARTS) is 1. The van der Waals surface area contributed by atoms with Crippen LogP contribution in [-0.2, 0) is 4.79 Å². The van der Waals surface area contributed by atoms with E-state index in [4.69, 9.17) is 5.11 Å². The summed E-state index contributed by atoms with van der Waals surface area (Å²) in [5.74, 6) is -1.07. The Hall–Kier alpha value is -1.52. The fourth-order valence-electron chi connectivity index (χ4n) is 2.26. The fourth-order valence-corrected chi connectivity index (χ4v) is 2.26. The van der Waals surface area contributed by atoms with Gasteiger partial charge in [-0.25, -0.2) is 9.59 Å². The summed E-state index contributed by atoms with van der Waals surface area (Å²) >= 11 is 0. The van der Waals surface area contributed by atoms with E-state index in [0.717, 1.165) is 6.42 Å². The van der Waals surface area contributed by atoms with E-state index >= 15 is 0 Å². The summed E-state index contributed by atoms with van der Waals surface area (Å²) in [5.41, 5.74) is -0.330. The van der Waals surface area contributed by atoms with Crippen molar-refractivity contribution in [2.45, 2.75) is 59.0 Å². The number of carboxylic acids is 1.